The molecule has 0 spiro atoms. The quantitative estimate of drug-likeness (QED) is 0.520. The zero-order valence-corrected chi connectivity index (χ0v) is 10.7. The number of nitrogens with one attached hydrogen (secondary N) is 1. The normalized spacial score (nSPS) is 11.3. The number of hydroxylamine groups is 1. The van der Waals surface area contributed by atoms with Crippen molar-refractivity contribution in [2.75, 3.05) is 7.11 Å². The van der Waals surface area contributed by atoms with Crippen molar-refractivity contribution in [3.63, 3.8) is 0 Å². The average Bonchev–Trinajstić information content (AvgIpc) is 2.40. The summed E-state index contributed by atoms with van der Waals surface area (Å²) in [5, 5.41) is 0.690. The van der Waals surface area contributed by atoms with Crippen molar-refractivity contribution in [2.45, 2.75) is 0 Å². The van der Waals surface area contributed by atoms with Gasteiger partial charge in [0.05, 0.1) is 12.8 Å². The summed E-state index contributed by atoms with van der Waals surface area (Å²) in [4.78, 5) is 9.43. The SMILES string of the molecule is CONC(=Nc1ccccc1)c1ccc(Cl)cc1. The second kappa shape index (κ2) is 6.19. The Bertz CT molecular complexity index is 523. The number of hydrogen-bond donors (Lipinski definition) is 1. The molecule has 0 unspecified atom stereocenters. The van der Waals surface area contributed by atoms with Crippen LogP contribution in [0, 0.1) is 0 Å². The molecule has 0 saturated carbocycles. The number of aliphatic imine (C=N–C) groups is 1. The summed E-state index contributed by atoms with van der Waals surface area (Å²) in [5.74, 6) is 0.639. The highest BCUT2D eigenvalue weighted by Gasteiger charge is 2.03. The molecule has 2 rings (SSSR count). The Hall–Kier alpha value is -1.84. The van der Waals surface area contributed by atoms with Crippen LogP contribution in [0.1, 0.15) is 5.56 Å². The van der Waals surface area contributed by atoms with E-state index in [1.54, 1.807) is 7.11 Å². The number of rotatable bonds is 3. The van der Waals surface area contributed by atoms with Gasteiger partial charge in [0.1, 0.15) is 0 Å². The Labute approximate surface area is 111 Å². The van der Waals surface area contributed by atoms with Crippen molar-refractivity contribution in [3.05, 3.63) is 65.2 Å². The molecule has 18 heavy (non-hydrogen) atoms. The Morgan fingerprint density at radius 2 is 1.72 bits per heavy atom. The van der Waals surface area contributed by atoms with E-state index >= 15 is 0 Å². The lowest BCUT2D eigenvalue weighted by Gasteiger charge is -2.08. The Kier molecular flexibility index (Phi) is 4.34. The molecule has 2 aromatic rings. The zero-order chi connectivity index (χ0) is 12.8. The summed E-state index contributed by atoms with van der Waals surface area (Å²) in [6.45, 7) is 0. The maximum Gasteiger partial charge on any atom is 0.157 e. The van der Waals surface area contributed by atoms with Crippen molar-refractivity contribution in [2.24, 2.45) is 4.99 Å². The predicted octanol–water partition coefficient (Wildman–Crippen LogP) is 3.57. The summed E-state index contributed by atoms with van der Waals surface area (Å²) in [5.41, 5.74) is 4.53. The number of hydrogen-bond acceptors (Lipinski definition) is 2. The molecule has 0 fully saturated rings. The van der Waals surface area contributed by atoms with Crippen molar-refractivity contribution >= 4 is 23.1 Å². The summed E-state index contributed by atoms with van der Waals surface area (Å²) < 4.78 is 0. The first-order valence-corrected chi connectivity index (χ1v) is 5.86. The standard InChI is InChI=1S/C14H13ClN2O/c1-18-17-14(11-7-9-12(15)10-8-11)16-13-5-3-2-4-6-13/h2-10H,1H3,(H,16,17). The summed E-state index contributed by atoms with van der Waals surface area (Å²) in [6.07, 6.45) is 0. The van der Waals surface area contributed by atoms with Crippen LogP contribution >= 0.6 is 11.6 Å². The number of para-hydroxylation sites is 1. The monoisotopic (exact) mass is 260 g/mol. The second-order valence-corrected chi connectivity index (χ2v) is 4.05. The summed E-state index contributed by atoms with van der Waals surface area (Å²) in [7, 11) is 1.55. The van der Waals surface area contributed by atoms with E-state index in [4.69, 9.17) is 16.4 Å². The fourth-order valence-corrected chi connectivity index (χ4v) is 1.61. The highest BCUT2D eigenvalue weighted by atomic mass is 35.5. The Morgan fingerprint density at radius 3 is 2.33 bits per heavy atom. The van der Waals surface area contributed by atoms with Crippen LogP contribution in [0.5, 0.6) is 0 Å². The molecule has 0 aliphatic rings. The van der Waals surface area contributed by atoms with Gasteiger partial charge in [-0.15, -0.1) is 0 Å². The molecule has 1 N–H and O–H groups in total. The van der Waals surface area contributed by atoms with Crippen LogP contribution in [0.4, 0.5) is 5.69 Å². The van der Waals surface area contributed by atoms with Crippen molar-refractivity contribution in [3.8, 4) is 0 Å². The lowest BCUT2D eigenvalue weighted by molar-refractivity contribution is 0.145. The van der Waals surface area contributed by atoms with Crippen LogP contribution in [0.25, 0.3) is 0 Å². The summed E-state index contributed by atoms with van der Waals surface area (Å²) >= 11 is 5.86. The minimum Gasteiger partial charge on any atom is -0.278 e. The van der Waals surface area contributed by atoms with Gasteiger partial charge in [0.2, 0.25) is 0 Å². The third-order valence-electron chi connectivity index (χ3n) is 2.31. The maximum absolute atomic E-state index is 5.86. The molecule has 0 bridgehead atoms. The second-order valence-electron chi connectivity index (χ2n) is 3.61. The summed E-state index contributed by atoms with van der Waals surface area (Å²) in [6, 6.07) is 17.1. The van der Waals surface area contributed by atoms with Gasteiger partial charge in [0.15, 0.2) is 5.84 Å². The number of nitrogens with zero attached hydrogens (tertiary/aromatic N) is 1. The van der Waals surface area contributed by atoms with E-state index in [0.29, 0.717) is 10.9 Å². The maximum atomic E-state index is 5.86. The Balaban J connectivity index is 2.33. The van der Waals surface area contributed by atoms with Gasteiger partial charge < -0.3 is 0 Å². The lowest BCUT2D eigenvalue weighted by Crippen LogP contribution is -2.22. The first-order chi connectivity index (χ1) is 8.79. The third kappa shape index (κ3) is 3.32. The van der Waals surface area contributed by atoms with E-state index in [1.807, 2.05) is 54.6 Å². The van der Waals surface area contributed by atoms with Crippen molar-refractivity contribution in [1.82, 2.24) is 5.48 Å². The van der Waals surface area contributed by atoms with Gasteiger partial charge in [-0.3, -0.25) is 4.84 Å². The first-order valence-electron chi connectivity index (χ1n) is 5.48. The number of halogens is 1. The van der Waals surface area contributed by atoms with E-state index in [1.165, 1.54) is 0 Å². The van der Waals surface area contributed by atoms with Gasteiger partial charge in [0.25, 0.3) is 0 Å². The molecule has 3 nitrogen and oxygen atoms in total. The van der Waals surface area contributed by atoms with E-state index in [9.17, 15) is 0 Å². The van der Waals surface area contributed by atoms with Crippen LogP contribution in [-0.4, -0.2) is 12.9 Å². The minimum absolute atomic E-state index is 0.639. The van der Waals surface area contributed by atoms with Gasteiger partial charge in [-0.1, -0.05) is 29.8 Å². The minimum atomic E-state index is 0.639. The molecular formula is C14H13ClN2O. The fraction of sp³-hybridized carbons (Fsp3) is 0.0714. The number of benzene rings is 2. The molecule has 0 atom stereocenters. The van der Waals surface area contributed by atoms with Crippen LogP contribution in [-0.2, 0) is 4.84 Å². The molecule has 0 aromatic heterocycles. The molecule has 0 amide bonds. The van der Waals surface area contributed by atoms with Crippen LogP contribution in [0.2, 0.25) is 5.02 Å². The van der Waals surface area contributed by atoms with Crippen LogP contribution in [0.15, 0.2) is 59.6 Å². The molecule has 92 valence electrons. The molecule has 0 saturated heterocycles. The molecule has 0 aliphatic carbocycles. The fourth-order valence-electron chi connectivity index (χ4n) is 1.48. The van der Waals surface area contributed by atoms with Crippen molar-refractivity contribution < 1.29 is 4.84 Å². The largest absolute Gasteiger partial charge is 0.278 e. The molecule has 0 heterocycles. The molecule has 0 radical (unpaired) electrons. The molecular weight excluding hydrogens is 248 g/mol. The van der Waals surface area contributed by atoms with Crippen molar-refractivity contribution in [1.29, 1.82) is 0 Å². The van der Waals surface area contributed by atoms with E-state index < -0.39 is 0 Å². The van der Waals surface area contributed by atoms with Gasteiger partial charge in [-0.2, -0.15) is 0 Å². The highest BCUT2D eigenvalue weighted by Crippen LogP contribution is 2.14. The smallest absolute Gasteiger partial charge is 0.157 e. The lowest BCUT2D eigenvalue weighted by atomic mass is 10.2. The van der Waals surface area contributed by atoms with E-state index in [0.717, 1.165) is 11.3 Å². The van der Waals surface area contributed by atoms with E-state index in [2.05, 4.69) is 10.5 Å². The predicted molar refractivity (Wildman–Crippen MR) is 74.2 cm³/mol. The molecule has 2 aromatic carbocycles. The Morgan fingerprint density at radius 1 is 1.06 bits per heavy atom. The van der Waals surface area contributed by atoms with Gasteiger partial charge in [-0.25, -0.2) is 10.5 Å². The molecule has 4 heteroatoms. The average molecular weight is 261 g/mol. The van der Waals surface area contributed by atoms with Gasteiger partial charge in [-0.05, 0) is 36.4 Å². The zero-order valence-electron chi connectivity index (χ0n) is 9.93. The van der Waals surface area contributed by atoms with E-state index in [-0.39, 0.29) is 0 Å². The highest BCUT2D eigenvalue weighted by molar-refractivity contribution is 6.30. The van der Waals surface area contributed by atoms with Crippen LogP contribution in [0.3, 0.4) is 0 Å². The van der Waals surface area contributed by atoms with Crippen LogP contribution < -0.4 is 5.48 Å². The number of amidine groups is 1. The van der Waals surface area contributed by atoms with Gasteiger partial charge >= 0.3 is 0 Å². The topological polar surface area (TPSA) is 33.6 Å². The van der Waals surface area contributed by atoms with Gasteiger partial charge in [0, 0.05) is 10.6 Å². The third-order valence-corrected chi connectivity index (χ3v) is 2.57. The molecule has 0 aliphatic heterocycles. The first kappa shape index (κ1) is 12.6.